The number of nitrogens with one attached hydrogen (secondary N) is 1. The summed E-state index contributed by atoms with van der Waals surface area (Å²) >= 11 is 5.93. The van der Waals surface area contributed by atoms with Crippen LogP contribution in [0.3, 0.4) is 0 Å². The number of halogens is 1. The van der Waals surface area contributed by atoms with Gasteiger partial charge in [0, 0.05) is 35.3 Å². The number of aromatic nitrogens is 1. The molecule has 1 aliphatic carbocycles. The standard InChI is InChI=1S/C18H19ClN2O/c19-15-6-4-14(5-7-15)18(10-11-18)13-21-17(22)9-8-16-3-1-2-12-20-16/h1-7,12H,8-11,13H2,(H,21,22). The van der Waals surface area contributed by atoms with Gasteiger partial charge in [-0.1, -0.05) is 29.8 Å². The molecule has 0 radical (unpaired) electrons. The molecule has 1 heterocycles. The molecule has 1 aromatic heterocycles. The van der Waals surface area contributed by atoms with Crippen LogP contribution < -0.4 is 5.32 Å². The largest absolute Gasteiger partial charge is 0.355 e. The molecule has 1 aliphatic rings. The number of benzene rings is 1. The molecule has 1 N–H and O–H groups in total. The summed E-state index contributed by atoms with van der Waals surface area (Å²) in [5.41, 5.74) is 2.34. The molecule has 114 valence electrons. The SMILES string of the molecule is O=C(CCc1ccccn1)NCC1(c2ccc(Cl)cc2)CC1. The highest BCUT2D eigenvalue weighted by molar-refractivity contribution is 6.30. The van der Waals surface area contributed by atoms with Gasteiger partial charge in [0.1, 0.15) is 0 Å². The fourth-order valence-electron chi connectivity index (χ4n) is 2.67. The zero-order valence-electron chi connectivity index (χ0n) is 12.4. The average Bonchev–Trinajstić information content (AvgIpc) is 3.34. The van der Waals surface area contributed by atoms with E-state index >= 15 is 0 Å². The Labute approximate surface area is 135 Å². The number of aryl methyl sites for hydroxylation is 1. The molecule has 1 saturated carbocycles. The highest BCUT2D eigenvalue weighted by Gasteiger charge is 2.44. The predicted octanol–water partition coefficient (Wildman–Crippen LogP) is 3.52. The van der Waals surface area contributed by atoms with E-state index in [0.717, 1.165) is 23.6 Å². The van der Waals surface area contributed by atoms with E-state index in [1.807, 2.05) is 30.3 Å². The molecule has 0 saturated heterocycles. The van der Waals surface area contributed by atoms with Gasteiger partial charge in [0.15, 0.2) is 0 Å². The number of carbonyl (C=O) groups excluding carboxylic acids is 1. The van der Waals surface area contributed by atoms with Gasteiger partial charge < -0.3 is 5.32 Å². The van der Waals surface area contributed by atoms with Gasteiger partial charge in [-0.05, 0) is 49.1 Å². The first-order valence-corrected chi connectivity index (χ1v) is 7.98. The van der Waals surface area contributed by atoms with E-state index in [1.54, 1.807) is 6.20 Å². The first kappa shape index (κ1) is 15.0. The third kappa shape index (κ3) is 3.66. The van der Waals surface area contributed by atoms with Gasteiger partial charge in [-0.2, -0.15) is 0 Å². The summed E-state index contributed by atoms with van der Waals surface area (Å²) in [7, 11) is 0. The Balaban J connectivity index is 1.49. The lowest BCUT2D eigenvalue weighted by atomic mass is 9.96. The lowest BCUT2D eigenvalue weighted by molar-refractivity contribution is -0.121. The molecule has 1 fully saturated rings. The summed E-state index contributed by atoms with van der Waals surface area (Å²) in [5, 5.41) is 3.82. The van der Waals surface area contributed by atoms with Crippen molar-refractivity contribution in [3.8, 4) is 0 Å². The van der Waals surface area contributed by atoms with Crippen molar-refractivity contribution in [3.63, 3.8) is 0 Å². The van der Waals surface area contributed by atoms with Gasteiger partial charge in [0.25, 0.3) is 0 Å². The van der Waals surface area contributed by atoms with E-state index < -0.39 is 0 Å². The number of amides is 1. The molecule has 0 atom stereocenters. The zero-order valence-corrected chi connectivity index (χ0v) is 13.1. The number of rotatable bonds is 6. The Bertz CT molecular complexity index is 636. The second-order valence-electron chi connectivity index (χ2n) is 5.89. The minimum Gasteiger partial charge on any atom is -0.355 e. The second kappa shape index (κ2) is 6.49. The Morgan fingerprint density at radius 2 is 1.95 bits per heavy atom. The maximum Gasteiger partial charge on any atom is 0.220 e. The highest BCUT2D eigenvalue weighted by atomic mass is 35.5. The van der Waals surface area contributed by atoms with Crippen LogP contribution in [0.25, 0.3) is 0 Å². The minimum absolute atomic E-state index is 0.0888. The molecule has 22 heavy (non-hydrogen) atoms. The van der Waals surface area contributed by atoms with Crippen molar-refractivity contribution in [2.45, 2.75) is 31.1 Å². The fourth-order valence-corrected chi connectivity index (χ4v) is 2.79. The lowest BCUT2D eigenvalue weighted by Gasteiger charge is -2.16. The summed E-state index contributed by atoms with van der Waals surface area (Å²) in [4.78, 5) is 16.3. The first-order chi connectivity index (χ1) is 10.7. The van der Waals surface area contributed by atoms with Crippen molar-refractivity contribution in [1.82, 2.24) is 10.3 Å². The molecule has 0 spiro atoms. The summed E-state index contributed by atoms with van der Waals surface area (Å²) in [6, 6.07) is 13.7. The molecular formula is C18H19ClN2O. The lowest BCUT2D eigenvalue weighted by Crippen LogP contribution is -2.32. The average molecular weight is 315 g/mol. The molecule has 4 heteroatoms. The normalized spacial score (nSPS) is 15.3. The van der Waals surface area contributed by atoms with Gasteiger partial charge in [-0.15, -0.1) is 0 Å². The molecule has 1 amide bonds. The van der Waals surface area contributed by atoms with E-state index in [2.05, 4.69) is 22.4 Å². The van der Waals surface area contributed by atoms with Crippen molar-refractivity contribution in [3.05, 3.63) is 64.9 Å². The van der Waals surface area contributed by atoms with E-state index in [-0.39, 0.29) is 11.3 Å². The van der Waals surface area contributed by atoms with Crippen LogP contribution in [-0.2, 0) is 16.6 Å². The monoisotopic (exact) mass is 314 g/mol. The number of nitrogens with zero attached hydrogens (tertiary/aromatic N) is 1. The van der Waals surface area contributed by atoms with Crippen LogP contribution in [0.5, 0.6) is 0 Å². The van der Waals surface area contributed by atoms with Crippen molar-refractivity contribution < 1.29 is 4.79 Å². The van der Waals surface area contributed by atoms with Crippen LogP contribution in [-0.4, -0.2) is 17.4 Å². The van der Waals surface area contributed by atoms with Crippen LogP contribution in [0.15, 0.2) is 48.7 Å². The Morgan fingerprint density at radius 1 is 1.18 bits per heavy atom. The fraction of sp³-hybridized carbons (Fsp3) is 0.333. The second-order valence-corrected chi connectivity index (χ2v) is 6.32. The van der Waals surface area contributed by atoms with Crippen molar-refractivity contribution >= 4 is 17.5 Å². The summed E-state index contributed by atoms with van der Waals surface area (Å²) < 4.78 is 0. The number of pyridine rings is 1. The van der Waals surface area contributed by atoms with Gasteiger partial charge in [-0.25, -0.2) is 0 Å². The number of carbonyl (C=O) groups is 1. The van der Waals surface area contributed by atoms with Crippen LogP contribution in [0.2, 0.25) is 5.02 Å². The first-order valence-electron chi connectivity index (χ1n) is 7.61. The molecule has 1 aromatic carbocycles. The molecule has 3 rings (SSSR count). The maximum absolute atomic E-state index is 12.0. The number of hydrogen-bond acceptors (Lipinski definition) is 2. The van der Waals surface area contributed by atoms with Gasteiger partial charge >= 0.3 is 0 Å². The van der Waals surface area contributed by atoms with Crippen LogP contribution in [0.4, 0.5) is 0 Å². The maximum atomic E-state index is 12.0. The highest BCUT2D eigenvalue weighted by Crippen LogP contribution is 2.47. The van der Waals surface area contributed by atoms with E-state index in [0.29, 0.717) is 19.4 Å². The topological polar surface area (TPSA) is 42.0 Å². The smallest absolute Gasteiger partial charge is 0.220 e. The quantitative estimate of drug-likeness (QED) is 0.886. The van der Waals surface area contributed by atoms with Crippen LogP contribution >= 0.6 is 11.6 Å². The van der Waals surface area contributed by atoms with Crippen molar-refractivity contribution in [2.24, 2.45) is 0 Å². The summed E-state index contributed by atoms with van der Waals surface area (Å²) in [5.74, 6) is 0.0888. The molecule has 2 aromatic rings. The molecule has 0 unspecified atom stereocenters. The van der Waals surface area contributed by atoms with Gasteiger partial charge in [0.2, 0.25) is 5.91 Å². The third-order valence-electron chi connectivity index (χ3n) is 4.27. The van der Waals surface area contributed by atoms with Gasteiger partial charge in [0.05, 0.1) is 0 Å². The minimum atomic E-state index is 0.0888. The molecule has 3 nitrogen and oxygen atoms in total. The van der Waals surface area contributed by atoms with Crippen LogP contribution in [0, 0.1) is 0 Å². The van der Waals surface area contributed by atoms with E-state index in [9.17, 15) is 4.79 Å². The zero-order chi connectivity index (χ0) is 15.4. The van der Waals surface area contributed by atoms with E-state index in [4.69, 9.17) is 11.6 Å². The Hall–Kier alpha value is -1.87. The van der Waals surface area contributed by atoms with Crippen molar-refractivity contribution in [1.29, 1.82) is 0 Å². The van der Waals surface area contributed by atoms with Crippen LogP contribution in [0.1, 0.15) is 30.5 Å². The summed E-state index contributed by atoms with van der Waals surface area (Å²) in [6.45, 7) is 0.704. The van der Waals surface area contributed by atoms with Crippen molar-refractivity contribution in [2.75, 3.05) is 6.54 Å². The Kier molecular flexibility index (Phi) is 4.44. The molecule has 0 aliphatic heterocycles. The third-order valence-corrected chi connectivity index (χ3v) is 4.52. The van der Waals surface area contributed by atoms with E-state index in [1.165, 1.54) is 5.56 Å². The number of hydrogen-bond donors (Lipinski definition) is 1. The predicted molar refractivity (Wildman–Crippen MR) is 87.9 cm³/mol. The molecular weight excluding hydrogens is 296 g/mol. The summed E-state index contributed by atoms with van der Waals surface area (Å²) in [6.07, 6.45) is 5.16. The Morgan fingerprint density at radius 3 is 2.59 bits per heavy atom. The molecule has 0 bridgehead atoms. The van der Waals surface area contributed by atoms with Gasteiger partial charge in [-0.3, -0.25) is 9.78 Å².